The van der Waals surface area contributed by atoms with Crippen molar-refractivity contribution in [3.05, 3.63) is 28.8 Å². The third-order valence-corrected chi connectivity index (χ3v) is 5.06. The van der Waals surface area contributed by atoms with Gasteiger partial charge in [-0.05, 0) is 30.5 Å². The molecule has 0 radical (unpaired) electrons. The van der Waals surface area contributed by atoms with E-state index in [9.17, 15) is 4.79 Å². The van der Waals surface area contributed by atoms with E-state index in [2.05, 4.69) is 27.9 Å². The maximum atomic E-state index is 12.6. The number of aryl methyl sites for hydroxylation is 1. The van der Waals surface area contributed by atoms with Crippen LogP contribution >= 0.6 is 11.3 Å². The lowest BCUT2D eigenvalue weighted by Gasteiger charge is -2.17. The van der Waals surface area contributed by atoms with Gasteiger partial charge in [0.2, 0.25) is 0 Å². The van der Waals surface area contributed by atoms with Crippen LogP contribution in [0.2, 0.25) is 0 Å². The highest BCUT2D eigenvalue weighted by atomic mass is 32.1. The number of hydrogen-bond acceptors (Lipinski definition) is 6. The second-order valence-corrected chi connectivity index (χ2v) is 6.93. The summed E-state index contributed by atoms with van der Waals surface area (Å²) in [6, 6.07) is 4.04. The van der Waals surface area contributed by atoms with Gasteiger partial charge in [0.25, 0.3) is 5.91 Å². The fourth-order valence-electron chi connectivity index (χ4n) is 2.88. The van der Waals surface area contributed by atoms with Crippen LogP contribution in [0, 0.1) is 0 Å². The van der Waals surface area contributed by atoms with Crippen LogP contribution in [-0.4, -0.2) is 36.3 Å². The number of pyridine rings is 1. The average Bonchev–Trinajstić information content (AvgIpc) is 2.87. The van der Waals surface area contributed by atoms with Crippen molar-refractivity contribution in [1.29, 1.82) is 0 Å². The lowest BCUT2D eigenvalue weighted by atomic mass is 10.1. The first kappa shape index (κ1) is 16.3. The number of nitrogens with one attached hydrogen (secondary N) is 3. The van der Waals surface area contributed by atoms with E-state index in [1.165, 1.54) is 16.9 Å². The van der Waals surface area contributed by atoms with Crippen LogP contribution in [0.25, 0.3) is 10.2 Å². The lowest BCUT2D eigenvalue weighted by Crippen LogP contribution is -2.43. The minimum absolute atomic E-state index is 0.0285. The Morgan fingerprint density at radius 1 is 1.57 bits per heavy atom. The predicted molar refractivity (Wildman–Crippen MR) is 93.5 cm³/mol. The summed E-state index contributed by atoms with van der Waals surface area (Å²) in [5.41, 5.74) is 7.20. The second-order valence-electron chi connectivity index (χ2n) is 5.90. The highest BCUT2D eigenvalue weighted by Gasteiger charge is 2.20. The maximum Gasteiger partial charge on any atom is 0.261 e. The summed E-state index contributed by atoms with van der Waals surface area (Å²) < 4.78 is 0. The predicted octanol–water partition coefficient (Wildman–Crippen LogP) is 1.17. The van der Waals surface area contributed by atoms with Crippen molar-refractivity contribution in [3.8, 4) is 0 Å². The van der Waals surface area contributed by atoms with Gasteiger partial charge in [0.05, 0.1) is 11.0 Å². The minimum atomic E-state index is -0.101. The molecular weight excluding hydrogens is 310 g/mol. The molecule has 1 aliphatic heterocycles. The largest absolute Gasteiger partial charge is 0.347 e. The lowest BCUT2D eigenvalue weighted by molar-refractivity contribution is 0.0939. The van der Waals surface area contributed by atoms with E-state index in [4.69, 9.17) is 5.73 Å². The topological polar surface area (TPSA) is 92.1 Å². The van der Waals surface area contributed by atoms with Crippen molar-refractivity contribution >= 4 is 27.5 Å². The van der Waals surface area contributed by atoms with Crippen molar-refractivity contribution in [2.45, 2.75) is 38.4 Å². The van der Waals surface area contributed by atoms with Crippen LogP contribution in [0.5, 0.6) is 0 Å². The summed E-state index contributed by atoms with van der Waals surface area (Å²) in [6.45, 7) is 3.54. The molecule has 0 bridgehead atoms. The number of thiophene rings is 1. The van der Waals surface area contributed by atoms with E-state index >= 15 is 0 Å². The summed E-state index contributed by atoms with van der Waals surface area (Å²) in [6.07, 6.45) is 4.52. The zero-order valence-corrected chi connectivity index (χ0v) is 14.1. The molecule has 3 rings (SSSR count). The van der Waals surface area contributed by atoms with Crippen molar-refractivity contribution in [1.82, 2.24) is 20.9 Å². The molecule has 2 aromatic heterocycles. The Balaban J connectivity index is 1.76. The molecule has 23 heavy (non-hydrogen) atoms. The number of fused-ring (bicyclic) bond motifs is 1. The molecule has 2 unspecified atom stereocenters. The van der Waals surface area contributed by atoms with Crippen molar-refractivity contribution < 1.29 is 4.79 Å². The first-order chi connectivity index (χ1) is 11.2. The average molecular weight is 333 g/mol. The van der Waals surface area contributed by atoms with Crippen LogP contribution in [0.15, 0.2) is 18.3 Å². The Bertz CT molecular complexity index is 686. The summed E-state index contributed by atoms with van der Waals surface area (Å²) >= 11 is 1.45. The van der Waals surface area contributed by atoms with Crippen LogP contribution in [0.1, 0.15) is 35.0 Å². The minimum Gasteiger partial charge on any atom is -0.347 e. The number of amides is 1. The molecule has 0 aromatic carbocycles. The Morgan fingerprint density at radius 3 is 3.26 bits per heavy atom. The van der Waals surface area contributed by atoms with Crippen molar-refractivity contribution in [3.63, 3.8) is 0 Å². The van der Waals surface area contributed by atoms with E-state index in [0.29, 0.717) is 18.0 Å². The van der Waals surface area contributed by atoms with Gasteiger partial charge in [0, 0.05) is 30.8 Å². The van der Waals surface area contributed by atoms with Crippen molar-refractivity contribution in [2.75, 3.05) is 13.2 Å². The zero-order valence-electron chi connectivity index (χ0n) is 13.3. The highest BCUT2D eigenvalue weighted by molar-refractivity contribution is 7.20. The number of hydrogen-bond donors (Lipinski definition) is 4. The molecule has 1 fully saturated rings. The molecule has 1 aliphatic rings. The van der Waals surface area contributed by atoms with Crippen molar-refractivity contribution in [2.24, 2.45) is 5.73 Å². The fraction of sp³-hybridized carbons (Fsp3) is 0.500. The number of aromatic nitrogens is 1. The molecule has 1 saturated heterocycles. The van der Waals surface area contributed by atoms with E-state index in [0.717, 1.165) is 29.6 Å². The monoisotopic (exact) mass is 333 g/mol. The zero-order chi connectivity index (χ0) is 16.2. The standard InChI is InChI=1S/C16H23N5OS/c1-2-3-10-4-5-19-16-12(10)7-13(23-16)15(22)21-11-6-14(17)20-9-18-8-11/h4-5,7,11,14,18,20H,2-3,6,8-9,17H2,1H3,(H,21,22). The first-order valence-corrected chi connectivity index (χ1v) is 8.87. The van der Waals surface area contributed by atoms with Gasteiger partial charge in [-0.3, -0.25) is 10.1 Å². The number of nitrogens with zero attached hydrogens (tertiary/aromatic N) is 1. The normalized spacial score (nSPS) is 22.0. The maximum absolute atomic E-state index is 12.6. The molecule has 124 valence electrons. The Morgan fingerprint density at radius 2 is 2.43 bits per heavy atom. The highest BCUT2D eigenvalue weighted by Crippen LogP contribution is 2.27. The molecule has 0 saturated carbocycles. The summed E-state index contributed by atoms with van der Waals surface area (Å²) in [4.78, 5) is 18.6. The van der Waals surface area contributed by atoms with Gasteiger partial charge in [-0.1, -0.05) is 13.3 Å². The van der Waals surface area contributed by atoms with Crippen LogP contribution < -0.4 is 21.7 Å². The third kappa shape index (κ3) is 3.87. The third-order valence-electron chi connectivity index (χ3n) is 4.02. The number of carbonyl (C=O) groups excluding carboxylic acids is 1. The smallest absolute Gasteiger partial charge is 0.261 e. The number of nitrogens with two attached hydrogens (primary N) is 1. The van der Waals surface area contributed by atoms with E-state index in [-0.39, 0.29) is 18.1 Å². The Labute approximate surface area is 139 Å². The second kappa shape index (κ2) is 7.35. The van der Waals surface area contributed by atoms with Crippen LogP contribution in [-0.2, 0) is 6.42 Å². The van der Waals surface area contributed by atoms with Gasteiger partial charge < -0.3 is 16.4 Å². The molecule has 3 heterocycles. The Kier molecular flexibility index (Phi) is 5.22. The van der Waals surface area contributed by atoms with Gasteiger partial charge in [0.1, 0.15) is 4.83 Å². The first-order valence-electron chi connectivity index (χ1n) is 8.05. The van der Waals surface area contributed by atoms with Gasteiger partial charge in [-0.25, -0.2) is 4.98 Å². The van der Waals surface area contributed by atoms with Gasteiger partial charge in [-0.15, -0.1) is 11.3 Å². The SMILES string of the molecule is CCCc1ccnc2sc(C(=O)NC3CNCNC(N)C3)cc12. The number of rotatable bonds is 4. The molecular formula is C16H23N5OS. The summed E-state index contributed by atoms with van der Waals surface area (Å²) in [5, 5.41) is 10.5. The molecule has 5 N–H and O–H groups in total. The van der Waals surface area contributed by atoms with Gasteiger partial charge in [0.15, 0.2) is 0 Å². The van der Waals surface area contributed by atoms with Crippen LogP contribution in [0.4, 0.5) is 0 Å². The van der Waals surface area contributed by atoms with E-state index < -0.39 is 0 Å². The molecule has 2 aromatic rings. The van der Waals surface area contributed by atoms with E-state index in [1.54, 1.807) is 0 Å². The summed E-state index contributed by atoms with van der Waals surface area (Å²) in [7, 11) is 0. The molecule has 7 heteroatoms. The van der Waals surface area contributed by atoms with E-state index in [1.807, 2.05) is 18.3 Å². The molecule has 0 aliphatic carbocycles. The number of carbonyl (C=O) groups is 1. The molecule has 2 atom stereocenters. The Hall–Kier alpha value is -1.54. The molecule has 1 amide bonds. The molecule has 0 spiro atoms. The van der Waals surface area contributed by atoms with Gasteiger partial charge >= 0.3 is 0 Å². The van der Waals surface area contributed by atoms with Crippen LogP contribution in [0.3, 0.4) is 0 Å². The van der Waals surface area contributed by atoms with Gasteiger partial charge in [-0.2, -0.15) is 0 Å². The fourth-order valence-corrected chi connectivity index (χ4v) is 3.83. The summed E-state index contributed by atoms with van der Waals surface area (Å²) in [5.74, 6) is -0.0450. The molecule has 6 nitrogen and oxygen atoms in total. The quantitative estimate of drug-likeness (QED) is 0.674.